The van der Waals surface area contributed by atoms with Crippen molar-refractivity contribution in [2.75, 3.05) is 18.5 Å². The van der Waals surface area contributed by atoms with Crippen molar-refractivity contribution < 1.29 is 14.7 Å². The van der Waals surface area contributed by atoms with Crippen LogP contribution in [0.3, 0.4) is 0 Å². The maximum absolute atomic E-state index is 12.1. The Morgan fingerprint density at radius 2 is 2.20 bits per heavy atom. The van der Waals surface area contributed by atoms with Crippen molar-refractivity contribution in [2.45, 2.75) is 26.7 Å². The zero-order chi connectivity index (χ0) is 14.8. The molecule has 0 bridgehead atoms. The fourth-order valence-electron chi connectivity index (χ4n) is 2.17. The standard InChI is InChI=1S/C15H20N2O3/c1-15(2,5-6-18)9-16-14(20)11-4-3-10-8-13(19)17-12(10)7-11/h3-4,7,18H,5-6,8-9H2,1-2H3,(H,16,20)(H,17,19). The Morgan fingerprint density at radius 3 is 2.90 bits per heavy atom. The first-order valence-corrected chi connectivity index (χ1v) is 6.73. The number of aliphatic hydroxyl groups is 1. The van der Waals surface area contributed by atoms with E-state index in [1.807, 2.05) is 13.8 Å². The lowest BCUT2D eigenvalue weighted by Crippen LogP contribution is -2.34. The molecule has 0 saturated carbocycles. The van der Waals surface area contributed by atoms with Gasteiger partial charge in [0.25, 0.3) is 5.91 Å². The van der Waals surface area contributed by atoms with Crippen molar-refractivity contribution in [1.29, 1.82) is 0 Å². The Bertz CT molecular complexity index is 538. The number of carbonyl (C=O) groups excluding carboxylic acids is 2. The number of benzene rings is 1. The Balaban J connectivity index is 2.00. The number of hydrogen-bond acceptors (Lipinski definition) is 3. The third-order valence-corrected chi connectivity index (χ3v) is 3.51. The summed E-state index contributed by atoms with van der Waals surface area (Å²) in [5.74, 6) is -0.207. The average Bonchev–Trinajstić information content (AvgIpc) is 2.75. The summed E-state index contributed by atoms with van der Waals surface area (Å²) in [6.45, 7) is 4.59. The molecule has 2 rings (SSSR count). The Labute approximate surface area is 118 Å². The number of hydrogen-bond donors (Lipinski definition) is 3. The molecule has 0 fully saturated rings. The van der Waals surface area contributed by atoms with Crippen LogP contribution in [0.25, 0.3) is 0 Å². The van der Waals surface area contributed by atoms with Crippen molar-refractivity contribution >= 4 is 17.5 Å². The lowest BCUT2D eigenvalue weighted by molar-refractivity contribution is -0.115. The topological polar surface area (TPSA) is 78.4 Å². The number of fused-ring (bicyclic) bond motifs is 1. The third kappa shape index (κ3) is 3.36. The lowest BCUT2D eigenvalue weighted by atomic mass is 9.89. The summed E-state index contributed by atoms with van der Waals surface area (Å²) >= 11 is 0. The lowest BCUT2D eigenvalue weighted by Gasteiger charge is -2.23. The second-order valence-corrected chi connectivity index (χ2v) is 5.92. The van der Waals surface area contributed by atoms with Gasteiger partial charge in [-0.15, -0.1) is 0 Å². The molecule has 5 heteroatoms. The van der Waals surface area contributed by atoms with Crippen molar-refractivity contribution in [1.82, 2.24) is 5.32 Å². The number of amides is 2. The van der Waals surface area contributed by atoms with E-state index in [-0.39, 0.29) is 23.8 Å². The second-order valence-electron chi connectivity index (χ2n) is 5.92. The highest BCUT2D eigenvalue weighted by Crippen LogP contribution is 2.24. The van der Waals surface area contributed by atoms with E-state index >= 15 is 0 Å². The van der Waals surface area contributed by atoms with Crippen molar-refractivity contribution in [3.8, 4) is 0 Å². The fraction of sp³-hybridized carbons (Fsp3) is 0.467. The van der Waals surface area contributed by atoms with Gasteiger partial charge in [-0.3, -0.25) is 9.59 Å². The maximum atomic E-state index is 12.1. The van der Waals surface area contributed by atoms with Crippen LogP contribution in [-0.2, 0) is 11.2 Å². The fourth-order valence-corrected chi connectivity index (χ4v) is 2.17. The van der Waals surface area contributed by atoms with Gasteiger partial charge in [-0.1, -0.05) is 19.9 Å². The molecular weight excluding hydrogens is 256 g/mol. The Hall–Kier alpha value is -1.88. The van der Waals surface area contributed by atoms with Crippen molar-refractivity contribution in [2.24, 2.45) is 5.41 Å². The van der Waals surface area contributed by atoms with Crippen LogP contribution in [0.5, 0.6) is 0 Å². The van der Waals surface area contributed by atoms with Gasteiger partial charge in [0.2, 0.25) is 5.91 Å². The van der Waals surface area contributed by atoms with E-state index in [0.29, 0.717) is 24.9 Å². The van der Waals surface area contributed by atoms with E-state index < -0.39 is 0 Å². The molecule has 0 atom stereocenters. The molecule has 5 nitrogen and oxygen atoms in total. The van der Waals surface area contributed by atoms with Crippen molar-refractivity contribution in [3.05, 3.63) is 29.3 Å². The summed E-state index contributed by atoms with van der Waals surface area (Å²) < 4.78 is 0. The maximum Gasteiger partial charge on any atom is 0.251 e. The molecule has 0 aliphatic carbocycles. The molecule has 1 heterocycles. The van der Waals surface area contributed by atoms with E-state index in [0.717, 1.165) is 11.3 Å². The van der Waals surface area contributed by atoms with Crippen LogP contribution < -0.4 is 10.6 Å². The number of aliphatic hydroxyl groups excluding tert-OH is 1. The van der Waals surface area contributed by atoms with Crippen LogP contribution in [-0.4, -0.2) is 30.1 Å². The van der Waals surface area contributed by atoms with E-state index in [1.165, 1.54) is 0 Å². The molecule has 108 valence electrons. The van der Waals surface area contributed by atoms with Gasteiger partial charge in [0.1, 0.15) is 0 Å². The highest BCUT2D eigenvalue weighted by molar-refractivity contribution is 6.02. The van der Waals surface area contributed by atoms with Gasteiger partial charge in [-0.25, -0.2) is 0 Å². The third-order valence-electron chi connectivity index (χ3n) is 3.51. The Morgan fingerprint density at radius 1 is 1.45 bits per heavy atom. The summed E-state index contributed by atoms with van der Waals surface area (Å²) in [5.41, 5.74) is 2.03. The van der Waals surface area contributed by atoms with Crippen LogP contribution in [0.2, 0.25) is 0 Å². The van der Waals surface area contributed by atoms with Gasteiger partial charge in [0, 0.05) is 24.4 Å². The molecule has 2 amide bonds. The van der Waals surface area contributed by atoms with E-state index in [1.54, 1.807) is 18.2 Å². The first-order valence-electron chi connectivity index (χ1n) is 6.73. The number of nitrogens with one attached hydrogen (secondary N) is 2. The summed E-state index contributed by atoms with van der Waals surface area (Å²) in [7, 11) is 0. The van der Waals surface area contributed by atoms with Gasteiger partial charge < -0.3 is 15.7 Å². The van der Waals surface area contributed by atoms with Gasteiger partial charge in [0.15, 0.2) is 0 Å². The predicted molar refractivity (Wildman–Crippen MR) is 76.6 cm³/mol. The zero-order valence-electron chi connectivity index (χ0n) is 11.8. The molecule has 1 aromatic carbocycles. The van der Waals surface area contributed by atoms with Crippen LogP contribution in [0.4, 0.5) is 5.69 Å². The highest BCUT2D eigenvalue weighted by atomic mass is 16.3. The molecule has 3 N–H and O–H groups in total. The smallest absolute Gasteiger partial charge is 0.251 e. The molecule has 0 radical (unpaired) electrons. The highest BCUT2D eigenvalue weighted by Gasteiger charge is 2.21. The summed E-state index contributed by atoms with van der Waals surface area (Å²) in [6, 6.07) is 5.24. The average molecular weight is 276 g/mol. The molecule has 0 spiro atoms. The minimum atomic E-state index is -0.167. The quantitative estimate of drug-likeness (QED) is 0.759. The Kier molecular flexibility index (Phi) is 4.09. The monoisotopic (exact) mass is 276 g/mol. The largest absolute Gasteiger partial charge is 0.396 e. The molecule has 0 saturated heterocycles. The van der Waals surface area contributed by atoms with Crippen molar-refractivity contribution in [3.63, 3.8) is 0 Å². The molecule has 0 aromatic heterocycles. The number of carbonyl (C=O) groups is 2. The first-order chi connectivity index (χ1) is 9.41. The molecule has 20 heavy (non-hydrogen) atoms. The minimum Gasteiger partial charge on any atom is -0.396 e. The molecule has 1 aliphatic heterocycles. The van der Waals surface area contributed by atoms with Gasteiger partial charge in [0.05, 0.1) is 6.42 Å². The SMILES string of the molecule is CC(C)(CCO)CNC(=O)c1ccc2c(c1)NC(=O)C2. The number of rotatable bonds is 5. The normalized spacial score (nSPS) is 13.8. The number of anilines is 1. The molecular formula is C15H20N2O3. The predicted octanol–water partition coefficient (Wildman–Crippen LogP) is 1.32. The molecule has 0 unspecified atom stereocenters. The van der Waals surface area contributed by atoms with Gasteiger partial charge in [-0.2, -0.15) is 0 Å². The summed E-state index contributed by atoms with van der Waals surface area (Å²) in [4.78, 5) is 23.4. The van der Waals surface area contributed by atoms with Crippen LogP contribution in [0.15, 0.2) is 18.2 Å². The minimum absolute atomic E-state index is 0.0402. The van der Waals surface area contributed by atoms with Gasteiger partial charge in [-0.05, 0) is 29.5 Å². The van der Waals surface area contributed by atoms with Crippen LogP contribution in [0.1, 0.15) is 36.2 Å². The molecule has 1 aliphatic rings. The van der Waals surface area contributed by atoms with E-state index in [2.05, 4.69) is 10.6 Å². The summed E-state index contributed by atoms with van der Waals surface area (Å²) in [5, 5.41) is 14.6. The first kappa shape index (κ1) is 14.5. The summed E-state index contributed by atoms with van der Waals surface area (Å²) in [6.07, 6.45) is 1.01. The van der Waals surface area contributed by atoms with E-state index in [4.69, 9.17) is 5.11 Å². The zero-order valence-corrected chi connectivity index (χ0v) is 11.8. The van der Waals surface area contributed by atoms with Crippen LogP contribution in [0, 0.1) is 5.41 Å². The van der Waals surface area contributed by atoms with Gasteiger partial charge >= 0.3 is 0 Å². The van der Waals surface area contributed by atoms with E-state index in [9.17, 15) is 9.59 Å². The van der Waals surface area contributed by atoms with Crippen LogP contribution >= 0.6 is 0 Å². The molecule has 1 aromatic rings. The second kappa shape index (κ2) is 5.63.